The van der Waals surface area contributed by atoms with Gasteiger partial charge in [0.2, 0.25) is 0 Å². The molecule has 2 N–H and O–H groups in total. The minimum atomic E-state index is 0.510. The largest absolute Gasteiger partial charge is 0.464 e. The quantitative estimate of drug-likeness (QED) is 0.711. The Hall–Kier alpha value is -2.00. The fourth-order valence-electron chi connectivity index (χ4n) is 1.92. The van der Waals surface area contributed by atoms with Crippen molar-refractivity contribution >= 4 is 28.0 Å². The third-order valence-electron chi connectivity index (χ3n) is 2.63. The molecule has 16 heavy (non-hydrogen) atoms. The minimum absolute atomic E-state index is 0.510. The van der Waals surface area contributed by atoms with Crippen molar-refractivity contribution in [2.24, 2.45) is 5.73 Å². The van der Waals surface area contributed by atoms with Crippen LogP contribution in [-0.2, 0) is 0 Å². The van der Waals surface area contributed by atoms with Gasteiger partial charge in [0.1, 0.15) is 11.2 Å². The molecule has 3 nitrogen and oxygen atoms in total. The molecular formula is C13H11NO2. The van der Waals surface area contributed by atoms with E-state index in [9.17, 15) is 0 Å². The first-order valence-electron chi connectivity index (χ1n) is 5.14. The highest BCUT2D eigenvalue weighted by molar-refractivity contribution is 6.02. The Balaban J connectivity index is 2.42. The van der Waals surface area contributed by atoms with E-state index in [0.29, 0.717) is 6.54 Å². The minimum Gasteiger partial charge on any atom is -0.464 e. The lowest BCUT2D eigenvalue weighted by Crippen LogP contribution is -1.92. The molecule has 0 radical (unpaired) electrons. The summed E-state index contributed by atoms with van der Waals surface area (Å²) in [4.78, 5) is 0. The average Bonchev–Trinajstić information content (AvgIpc) is 2.91. The number of furan rings is 2. The van der Waals surface area contributed by atoms with Crippen LogP contribution in [0.15, 0.2) is 45.6 Å². The van der Waals surface area contributed by atoms with Crippen molar-refractivity contribution in [3.63, 3.8) is 0 Å². The van der Waals surface area contributed by atoms with Crippen molar-refractivity contribution in [1.29, 1.82) is 0 Å². The predicted octanol–water partition coefficient (Wildman–Crippen LogP) is 3.15. The van der Waals surface area contributed by atoms with Gasteiger partial charge in [-0.15, -0.1) is 0 Å². The topological polar surface area (TPSA) is 52.3 Å². The molecule has 0 saturated carbocycles. The Labute approximate surface area is 92.1 Å². The molecule has 0 atom stereocenters. The molecule has 1 aromatic carbocycles. The lowest BCUT2D eigenvalue weighted by Gasteiger charge is -1.98. The molecule has 0 fully saturated rings. The smallest absolute Gasteiger partial charge is 0.141 e. The fourth-order valence-corrected chi connectivity index (χ4v) is 1.92. The van der Waals surface area contributed by atoms with E-state index in [-0.39, 0.29) is 0 Å². The maximum absolute atomic E-state index is 5.49. The van der Waals surface area contributed by atoms with Crippen LogP contribution >= 0.6 is 0 Å². The van der Waals surface area contributed by atoms with Crippen molar-refractivity contribution < 1.29 is 8.83 Å². The van der Waals surface area contributed by atoms with E-state index in [0.717, 1.165) is 27.5 Å². The van der Waals surface area contributed by atoms with Crippen LogP contribution in [-0.4, -0.2) is 6.54 Å². The first-order valence-corrected chi connectivity index (χ1v) is 5.14. The van der Waals surface area contributed by atoms with Gasteiger partial charge in [-0.3, -0.25) is 0 Å². The number of rotatable bonds is 2. The Bertz CT molecular complexity index is 612. The highest BCUT2D eigenvalue weighted by Crippen LogP contribution is 2.30. The summed E-state index contributed by atoms with van der Waals surface area (Å²) in [5, 5.41) is 2.09. The Kier molecular flexibility index (Phi) is 2.04. The standard InChI is InChI=1S/C13H11NO2/c14-5-1-2-11-10-4-7-15-12(10)8-9-3-6-16-13(9)11/h1-4,6-8H,5,14H2/b2-1+. The van der Waals surface area contributed by atoms with Crippen molar-refractivity contribution in [1.82, 2.24) is 0 Å². The number of hydrogen-bond acceptors (Lipinski definition) is 3. The molecule has 3 rings (SSSR count). The van der Waals surface area contributed by atoms with Gasteiger partial charge in [0.25, 0.3) is 0 Å². The molecule has 3 heteroatoms. The van der Waals surface area contributed by atoms with Gasteiger partial charge in [0.15, 0.2) is 0 Å². The average molecular weight is 213 g/mol. The van der Waals surface area contributed by atoms with Crippen LogP contribution in [0.5, 0.6) is 0 Å². The summed E-state index contributed by atoms with van der Waals surface area (Å²) in [5.41, 5.74) is 8.24. The number of benzene rings is 1. The molecular weight excluding hydrogens is 202 g/mol. The first kappa shape index (κ1) is 9.24. The van der Waals surface area contributed by atoms with Crippen LogP contribution in [0.4, 0.5) is 0 Å². The van der Waals surface area contributed by atoms with E-state index in [2.05, 4.69) is 0 Å². The van der Waals surface area contributed by atoms with Crippen LogP contribution in [0, 0.1) is 0 Å². The summed E-state index contributed by atoms with van der Waals surface area (Å²) < 4.78 is 10.9. The van der Waals surface area contributed by atoms with Crippen molar-refractivity contribution in [3.05, 3.63) is 42.4 Å². The van der Waals surface area contributed by atoms with E-state index < -0.39 is 0 Å². The number of nitrogens with two attached hydrogens (primary N) is 1. The summed E-state index contributed by atoms with van der Waals surface area (Å²) in [6, 6.07) is 5.85. The van der Waals surface area contributed by atoms with Gasteiger partial charge >= 0.3 is 0 Å². The van der Waals surface area contributed by atoms with Gasteiger partial charge in [-0.25, -0.2) is 0 Å². The maximum atomic E-state index is 5.49. The van der Waals surface area contributed by atoms with Crippen LogP contribution in [0.25, 0.3) is 28.0 Å². The van der Waals surface area contributed by atoms with Gasteiger partial charge in [0.05, 0.1) is 12.5 Å². The van der Waals surface area contributed by atoms with Gasteiger partial charge in [-0.05, 0) is 18.2 Å². The van der Waals surface area contributed by atoms with Crippen LogP contribution in [0.3, 0.4) is 0 Å². The fraction of sp³-hybridized carbons (Fsp3) is 0.0769. The van der Waals surface area contributed by atoms with Crippen molar-refractivity contribution in [2.45, 2.75) is 0 Å². The summed E-state index contributed by atoms with van der Waals surface area (Å²) in [6.07, 6.45) is 7.25. The molecule has 0 spiro atoms. The molecule has 0 aliphatic heterocycles. The van der Waals surface area contributed by atoms with Gasteiger partial charge in [-0.1, -0.05) is 12.2 Å². The second kappa shape index (κ2) is 3.54. The molecule has 2 aromatic heterocycles. The van der Waals surface area contributed by atoms with E-state index >= 15 is 0 Å². The molecule has 0 amide bonds. The summed E-state index contributed by atoms with van der Waals surface area (Å²) in [5.74, 6) is 0. The molecule has 0 saturated heterocycles. The van der Waals surface area contributed by atoms with Crippen LogP contribution in [0.2, 0.25) is 0 Å². The zero-order valence-electron chi connectivity index (χ0n) is 8.64. The lowest BCUT2D eigenvalue weighted by atomic mass is 10.1. The number of fused-ring (bicyclic) bond motifs is 2. The second-order valence-corrected chi connectivity index (χ2v) is 3.60. The molecule has 0 aliphatic carbocycles. The van der Waals surface area contributed by atoms with E-state index in [1.165, 1.54) is 0 Å². The third-order valence-corrected chi connectivity index (χ3v) is 2.63. The summed E-state index contributed by atoms with van der Waals surface area (Å²) in [6.45, 7) is 0.510. The van der Waals surface area contributed by atoms with Crippen molar-refractivity contribution in [2.75, 3.05) is 6.54 Å². The van der Waals surface area contributed by atoms with Gasteiger partial charge in [0, 0.05) is 22.9 Å². The second-order valence-electron chi connectivity index (χ2n) is 3.60. The molecule has 80 valence electrons. The Morgan fingerprint density at radius 2 is 2.06 bits per heavy atom. The van der Waals surface area contributed by atoms with E-state index in [4.69, 9.17) is 14.6 Å². The SMILES string of the molecule is NC/C=C/c1c2ccoc2cc2ccoc12. The molecule has 0 bridgehead atoms. The van der Waals surface area contributed by atoms with Gasteiger partial charge < -0.3 is 14.6 Å². The number of hydrogen-bond donors (Lipinski definition) is 1. The highest BCUT2D eigenvalue weighted by atomic mass is 16.3. The summed E-state index contributed by atoms with van der Waals surface area (Å²) in [7, 11) is 0. The Morgan fingerprint density at radius 3 is 2.94 bits per heavy atom. The lowest BCUT2D eigenvalue weighted by molar-refractivity contribution is 0.612. The predicted molar refractivity (Wildman–Crippen MR) is 64.1 cm³/mol. The molecule has 0 unspecified atom stereocenters. The molecule has 3 aromatic rings. The van der Waals surface area contributed by atoms with Crippen LogP contribution in [0.1, 0.15) is 5.56 Å². The monoisotopic (exact) mass is 213 g/mol. The molecule has 0 aliphatic rings. The Morgan fingerprint density at radius 1 is 1.19 bits per heavy atom. The molecule has 2 heterocycles. The van der Waals surface area contributed by atoms with E-state index in [1.807, 2.05) is 30.4 Å². The highest BCUT2D eigenvalue weighted by Gasteiger charge is 2.09. The normalized spacial score (nSPS) is 12.1. The van der Waals surface area contributed by atoms with Gasteiger partial charge in [-0.2, -0.15) is 0 Å². The zero-order valence-corrected chi connectivity index (χ0v) is 8.64. The maximum Gasteiger partial charge on any atom is 0.141 e. The van der Waals surface area contributed by atoms with Crippen molar-refractivity contribution in [3.8, 4) is 0 Å². The first-order chi connectivity index (χ1) is 7.90. The summed E-state index contributed by atoms with van der Waals surface area (Å²) >= 11 is 0. The third kappa shape index (κ3) is 1.26. The zero-order chi connectivity index (χ0) is 11.0. The van der Waals surface area contributed by atoms with E-state index in [1.54, 1.807) is 12.5 Å². The van der Waals surface area contributed by atoms with Crippen LogP contribution < -0.4 is 5.73 Å².